The molecule has 1 aliphatic heterocycles. The largest absolute Gasteiger partial charge is 0.333 e. The third-order valence-corrected chi connectivity index (χ3v) is 8.16. The Morgan fingerprint density at radius 1 is 1.14 bits per heavy atom. The molecule has 0 aromatic carbocycles. The van der Waals surface area contributed by atoms with Crippen LogP contribution >= 0.6 is 0 Å². The van der Waals surface area contributed by atoms with Crippen molar-refractivity contribution in [2.45, 2.75) is 83.5 Å². The third-order valence-electron chi connectivity index (χ3n) is 8.16. The van der Waals surface area contributed by atoms with Crippen molar-refractivity contribution < 1.29 is 4.79 Å². The first-order valence-electron chi connectivity index (χ1n) is 13.3. The molecule has 4 heterocycles. The molecule has 0 radical (unpaired) electrons. The molecule has 4 fully saturated rings. The van der Waals surface area contributed by atoms with Gasteiger partial charge in [-0.15, -0.1) is 0 Å². The number of hydrogen-bond acceptors (Lipinski definition) is 5. The second-order valence-corrected chi connectivity index (χ2v) is 10.7. The minimum atomic E-state index is 0.154. The van der Waals surface area contributed by atoms with Gasteiger partial charge in [-0.25, -0.2) is 20.0 Å². The Kier molecular flexibility index (Phi) is 4.75. The van der Waals surface area contributed by atoms with E-state index < -0.39 is 0 Å². The first-order valence-corrected chi connectivity index (χ1v) is 13.3. The van der Waals surface area contributed by atoms with Gasteiger partial charge in [0, 0.05) is 50.1 Å². The number of pyridine rings is 1. The van der Waals surface area contributed by atoms with E-state index >= 15 is 0 Å². The van der Waals surface area contributed by atoms with Gasteiger partial charge in [-0.2, -0.15) is 0 Å². The summed E-state index contributed by atoms with van der Waals surface area (Å²) >= 11 is 0. The van der Waals surface area contributed by atoms with Gasteiger partial charge in [-0.1, -0.05) is 6.92 Å². The van der Waals surface area contributed by atoms with Crippen molar-refractivity contribution in [2.75, 3.05) is 6.54 Å². The second-order valence-electron chi connectivity index (χ2n) is 10.7. The molecule has 4 aliphatic rings. The molecule has 1 unspecified atom stereocenters. The number of aromatic nitrogens is 4. The van der Waals surface area contributed by atoms with Gasteiger partial charge >= 0.3 is 0 Å². The Labute approximate surface area is 205 Å². The zero-order chi connectivity index (χ0) is 23.8. The number of imidazole rings is 1. The zero-order valence-electron chi connectivity index (χ0n) is 20.9. The number of nitrogens with one attached hydrogen (secondary N) is 1. The fraction of sp³-hybridized carbons (Fsp3) is 0.615. The average molecular weight is 475 g/mol. The molecule has 1 amide bonds. The van der Waals surface area contributed by atoms with Crippen LogP contribution in [-0.4, -0.2) is 65.4 Å². The smallest absolute Gasteiger partial charge is 0.271 e. The predicted molar refractivity (Wildman–Crippen MR) is 136 cm³/mol. The lowest BCUT2D eigenvalue weighted by Crippen LogP contribution is -2.38. The molecule has 184 valence electrons. The summed E-state index contributed by atoms with van der Waals surface area (Å²) in [5, 5.41) is 3.30. The van der Waals surface area contributed by atoms with Crippen LogP contribution in [0.3, 0.4) is 0 Å². The van der Waals surface area contributed by atoms with Crippen LogP contribution in [0, 0.1) is 5.92 Å². The first kappa shape index (κ1) is 21.4. The van der Waals surface area contributed by atoms with E-state index in [1.54, 1.807) is 0 Å². The molecule has 3 aliphatic carbocycles. The molecule has 1 saturated heterocycles. The van der Waals surface area contributed by atoms with Crippen LogP contribution < -0.4 is 5.43 Å². The summed E-state index contributed by atoms with van der Waals surface area (Å²) in [5.74, 6) is 2.52. The Morgan fingerprint density at radius 2 is 1.89 bits per heavy atom. The van der Waals surface area contributed by atoms with Crippen LogP contribution in [-0.2, 0) is 13.6 Å². The number of aryl methyl sites for hydroxylation is 2. The van der Waals surface area contributed by atoms with Crippen molar-refractivity contribution in [3.05, 3.63) is 18.1 Å². The molecular formula is C26H34N8O. The van der Waals surface area contributed by atoms with Crippen molar-refractivity contribution >= 4 is 39.6 Å². The van der Waals surface area contributed by atoms with Crippen LogP contribution in [0.1, 0.15) is 69.3 Å². The number of carbonyl (C=O) groups excluding carboxylic acids is 1. The Morgan fingerprint density at radius 3 is 2.51 bits per heavy atom. The number of aliphatic imine (C=N–C) groups is 1. The van der Waals surface area contributed by atoms with Gasteiger partial charge < -0.3 is 19.5 Å². The van der Waals surface area contributed by atoms with Gasteiger partial charge in [0.15, 0.2) is 5.82 Å². The van der Waals surface area contributed by atoms with E-state index in [0.717, 1.165) is 78.2 Å². The summed E-state index contributed by atoms with van der Waals surface area (Å²) in [4.78, 5) is 30.7. The number of nitrogens with zero attached hydrogens (tertiary/aromatic N) is 7. The summed E-state index contributed by atoms with van der Waals surface area (Å²) in [6, 6.07) is 3.39. The molecule has 3 saturated carbocycles. The highest BCUT2D eigenvalue weighted by atomic mass is 16.2. The number of amidine groups is 1. The quantitative estimate of drug-likeness (QED) is 0.564. The fourth-order valence-electron chi connectivity index (χ4n) is 5.96. The molecule has 1 atom stereocenters. The van der Waals surface area contributed by atoms with Crippen LogP contribution in [0.2, 0.25) is 0 Å². The molecule has 9 heteroatoms. The highest BCUT2D eigenvalue weighted by molar-refractivity contribution is 6.10. The average Bonchev–Trinajstić information content (AvgIpc) is 3.77. The van der Waals surface area contributed by atoms with Crippen LogP contribution in [0.5, 0.6) is 0 Å². The topological polar surface area (TPSA) is 83.6 Å². The summed E-state index contributed by atoms with van der Waals surface area (Å²) in [5.41, 5.74) is 6.87. The molecule has 35 heavy (non-hydrogen) atoms. The van der Waals surface area contributed by atoms with Gasteiger partial charge in [0.05, 0.1) is 11.8 Å². The minimum Gasteiger partial charge on any atom is -0.333 e. The van der Waals surface area contributed by atoms with Gasteiger partial charge in [-0.3, -0.25) is 4.79 Å². The van der Waals surface area contributed by atoms with Crippen molar-refractivity contribution in [3.8, 4) is 0 Å². The summed E-state index contributed by atoms with van der Waals surface area (Å²) in [7, 11) is 2.01. The fourth-order valence-corrected chi connectivity index (χ4v) is 5.96. The monoisotopic (exact) mass is 474 g/mol. The molecule has 3 aromatic heterocycles. The lowest BCUT2D eigenvalue weighted by Gasteiger charge is -2.22. The molecule has 9 nitrogen and oxygen atoms in total. The number of rotatable bonds is 7. The molecular weight excluding hydrogens is 440 g/mol. The minimum absolute atomic E-state index is 0.154. The normalized spacial score (nSPS) is 24.1. The molecule has 3 aromatic rings. The van der Waals surface area contributed by atoms with E-state index in [4.69, 9.17) is 9.98 Å². The van der Waals surface area contributed by atoms with Crippen molar-refractivity contribution in [3.63, 3.8) is 0 Å². The maximum atomic E-state index is 13.8. The van der Waals surface area contributed by atoms with Gasteiger partial charge in [0.25, 0.3) is 5.91 Å². The molecule has 1 N–H and O–H groups in total. The number of fused-ring (bicyclic) bond motifs is 3. The van der Waals surface area contributed by atoms with E-state index in [2.05, 4.69) is 38.7 Å². The van der Waals surface area contributed by atoms with E-state index in [9.17, 15) is 4.79 Å². The number of amides is 1. The lowest BCUT2D eigenvalue weighted by molar-refractivity contribution is 0.0719. The number of hydrazine groups is 1. The third kappa shape index (κ3) is 3.46. The van der Waals surface area contributed by atoms with Crippen molar-refractivity contribution in [1.82, 2.24) is 34.4 Å². The van der Waals surface area contributed by atoms with E-state index in [0.29, 0.717) is 30.5 Å². The predicted octanol–water partition coefficient (Wildman–Crippen LogP) is 3.75. The highest BCUT2D eigenvalue weighted by Gasteiger charge is 2.43. The first-order chi connectivity index (χ1) is 17.1. The maximum Gasteiger partial charge on any atom is 0.271 e. The van der Waals surface area contributed by atoms with Crippen molar-refractivity contribution in [1.29, 1.82) is 0 Å². The summed E-state index contributed by atoms with van der Waals surface area (Å²) in [6.45, 7) is 5.92. The second kappa shape index (κ2) is 7.78. The van der Waals surface area contributed by atoms with Gasteiger partial charge in [0.2, 0.25) is 0 Å². The molecule has 0 bridgehead atoms. The number of carbonyl (C=O) groups is 1. The maximum absolute atomic E-state index is 13.8. The summed E-state index contributed by atoms with van der Waals surface area (Å²) < 4.78 is 4.11. The zero-order valence-corrected chi connectivity index (χ0v) is 20.9. The Hall–Kier alpha value is -2.94. The van der Waals surface area contributed by atoms with Crippen LogP contribution in [0.15, 0.2) is 17.4 Å². The number of hydrogen-bond donors (Lipinski definition) is 1. The summed E-state index contributed by atoms with van der Waals surface area (Å²) in [6.07, 6.45) is 9.88. The molecule has 0 spiro atoms. The standard InChI is InChI=1S/C26H34N8O/c1-4-32-20(26(35)34(16-8-9-16)17-10-11-17)12-18-23-22(27-14-31(23)3)24(29-25(18)32)28-21-13-19(15-6-7-15)33(5-2)30-21/h12,14-17,19H,4-11,13H2,1-3H3,(H,28,29,30). The lowest BCUT2D eigenvalue weighted by atomic mass is 10.1. The van der Waals surface area contributed by atoms with E-state index in [1.165, 1.54) is 12.8 Å². The molecule has 7 rings (SSSR count). The van der Waals surface area contributed by atoms with Gasteiger partial charge in [-0.05, 0) is 57.4 Å². The SMILES string of the molecule is CCN1NC(=Nc2nc3c(cc(C(=O)N(C4CC4)C4CC4)n3CC)c3c2ncn3C)CC1C1CC1. The van der Waals surface area contributed by atoms with E-state index in [1.807, 2.05) is 24.0 Å². The Balaban J connectivity index is 1.35. The highest BCUT2D eigenvalue weighted by Crippen LogP contribution is 2.41. The Bertz CT molecular complexity index is 1340. The van der Waals surface area contributed by atoms with Crippen LogP contribution in [0.4, 0.5) is 5.82 Å². The van der Waals surface area contributed by atoms with Crippen molar-refractivity contribution in [2.24, 2.45) is 18.0 Å². The van der Waals surface area contributed by atoms with Gasteiger partial charge in [0.1, 0.15) is 22.7 Å². The van der Waals surface area contributed by atoms with Crippen LogP contribution in [0.25, 0.3) is 22.1 Å². The van der Waals surface area contributed by atoms with E-state index in [-0.39, 0.29) is 5.91 Å².